The highest BCUT2D eigenvalue weighted by Gasteiger charge is 2.30. The van der Waals surface area contributed by atoms with Gasteiger partial charge in [-0.1, -0.05) is 24.3 Å². The van der Waals surface area contributed by atoms with Crippen LogP contribution in [-0.2, 0) is 12.7 Å². The molecule has 0 fully saturated rings. The number of nitrogens with one attached hydrogen (secondary N) is 1. The Labute approximate surface area is 139 Å². The van der Waals surface area contributed by atoms with Crippen LogP contribution < -0.4 is 5.32 Å². The zero-order chi connectivity index (χ0) is 18.0. The van der Waals surface area contributed by atoms with Crippen LogP contribution in [0.4, 0.5) is 27.8 Å². The molecule has 0 saturated carbocycles. The van der Waals surface area contributed by atoms with Gasteiger partial charge in [0.1, 0.15) is 5.82 Å². The van der Waals surface area contributed by atoms with Crippen molar-refractivity contribution in [3.8, 4) is 0 Å². The van der Waals surface area contributed by atoms with E-state index in [9.17, 15) is 22.0 Å². The van der Waals surface area contributed by atoms with E-state index in [-0.39, 0.29) is 12.4 Å². The Hall–Kier alpha value is -2.77. The van der Waals surface area contributed by atoms with Crippen LogP contribution in [0.2, 0.25) is 0 Å². The second-order valence-electron chi connectivity index (χ2n) is 5.30. The van der Waals surface area contributed by atoms with Crippen molar-refractivity contribution in [2.24, 2.45) is 0 Å². The van der Waals surface area contributed by atoms with E-state index in [0.29, 0.717) is 16.5 Å². The third-order valence-corrected chi connectivity index (χ3v) is 3.53. The Balaban J connectivity index is 1.91. The van der Waals surface area contributed by atoms with Gasteiger partial charge in [-0.05, 0) is 29.8 Å². The van der Waals surface area contributed by atoms with Crippen molar-refractivity contribution in [2.75, 3.05) is 5.32 Å². The Bertz CT molecular complexity index is 893. The minimum atomic E-state index is -4.44. The minimum absolute atomic E-state index is 0.00755. The first-order valence-electron chi connectivity index (χ1n) is 7.29. The van der Waals surface area contributed by atoms with E-state index in [1.807, 2.05) is 0 Å². The molecule has 2 aromatic carbocycles. The number of fused-ring (bicyclic) bond motifs is 1. The monoisotopic (exact) mass is 353 g/mol. The Morgan fingerprint density at radius 1 is 0.960 bits per heavy atom. The molecule has 0 atom stereocenters. The van der Waals surface area contributed by atoms with Gasteiger partial charge in [-0.3, -0.25) is 0 Å². The summed E-state index contributed by atoms with van der Waals surface area (Å²) in [4.78, 5) is 7.58. The van der Waals surface area contributed by atoms with Gasteiger partial charge in [0.25, 0.3) is 6.43 Å². The summed E-state index contributed by atoms with van der Waals surface area (Å²) in [7, 11) is 0. The van der Waals surface area contributed by atoms with Crippen LogP contribution in [0.1, 0.15) is 23.4 Å². The van der Waals surface area contributed by atoms with Gasteiger partial charge in [-0.25, -0.2) is 18.7 Å². The largest absolute Gasteiger partial charge is 0.416 e. The molecule has 25 heavy (non-hydrogen) atoms. The topological polar surface area (TPSA) is 37.8 Å². The lowest BCUT2D eigenvalue weighted by molar-refractivity contribution is -0.137. The van der Waals surface area contributed by atoms with Crippen molar-refractivity contribution in [1.82, 2.24) is 9.97 Å². The smallest absolute Gasteiger partial charge is 0.365 e. The number of para-hydroxylation sites is 1. The molecular formula is C17H12F5N3. The molecular weight excluding hydrogens is 341 g/mol. The Morgan fingerprint density at radius 2 is 1.72 bits per heavy atom. The standard InChI is InChI=1S/C17H12F5N3/c18-14(19)16-24-13-7-2-1-6-12(13)15(25-16)23-9-10-4-3-5-11(8-10)17(20,21)22/h1-8,14H,9H2,(H,23,24,25). The first-order valence-corrected chi connectivity index (χ1v) is 7.29. The van der Waals surface area contributed by atoms with Crippen molar-refractivity contribution in [3.63, 3.8) is 0 Å². The average molecular weight is 353 g/mol. The maximum atomic E-state index is 12.9. The molecule has 3 rings (SSSR count). The summed E-state index contributed by atoms with van der Waals surface area (Å²) in [5.74, 6) is -0.483. The number of anilines is 1. The number of halogens is 5. The maximum absolute atomic E-state index is 12.9. The highest BCUT2D eigenvalue weighted by atomic mass is 19.4. The quantitative estimate of drug-likeness (QED) is 0.655. The van der Waals surface area contributed by atoms with Crippen LogP contribution >= 0.6 is 0 Å². The molecule has 1 N–H and O–H groups in total. The lowest BCUT2D eigenvalue weighted by Gasteiger charge is -2.12. The van der Waals surface area contributed by atoms with Crippen LogP contribution in [-0.4, -0.2) is 9.97 Å². The third-order valence-electron chi connectivity index (χ3n) is 3.53. The van der Waals surface area contributed by atoms with E-state index < -0.39 is 24.0 Å². The number of aromatic nitrogens is 2. The van der Waals surface area contributed by atoms with E-state index in [2.05, 4.69) is 15.3 Å². The van der Waals surface area contributed by atoms with Crippen molar-refractivity contribution in [2.45, 2.75) is 19.1 Å². The first-order chi connectivity index (χ1) is 11.8. The van der Waals surface area contributed by atoms with Crippen LogP contribution in [0.15, 0.2) is 48.5 Å². The minimum Gasteiger partial charge on any atom is -0.365 e. The number of nitrogens with zero attached hydrogens (tertiary/aromatic N) is 2. The zero-order valence-electron chi connectivity index (χ0n) is 12.7. The molecule has 3 nitrogen and oxygen atoms in total. The summed E-state index contributed by atoms with van der Waals surface area (Å²) in [5.41, 5.74) is -0.0805. The Kier molecular flexibility index (Phi) is 4.52. The fraction of sp³-hybridized carbons (Fsp3) is 0.176. The van der Waals surface area contributed by atoms with Crippen molar-refractivity contribution >= 4 is 16.7 Å². The van der Waals surface area contributed by atoms with Gasteiger partial charge in [0, 0.05) is 11.9 Å². The number of rotatable bonds is 4. The summed E-state index contributed by atoms with van der Waals surface area (Å²) < 4.78 is 64.2. The molecule has 0 aliphatic rings. The molecule has 130 valence electrons. The van der Waals surface area contributed by atoms with E-state index in [0.717, 1.165) is 12.1 Å². The predicted molar refractivity (Wildman–Crippen MR) is 83.3 cm³/mol. The molecule has 1 aromatic heterocycles. The summed E-state index contributed by atoms with van der Waals surface area (Å²) in [6.45, 7) is 0.00755. The number of hydrogen-bond donors (Lipinski definition) is 1. The number of benzene rings is 2. The predicted octanol–water partition coefficient (Wildman–Crippen LogP) is 5.20. The van der Waals surface area contributed by atoms with Gasteiger partial charge >= 0.3 is 6.18 Å². The summed E-state index contributed by atoms with van der Waals surface area (Å²) in [6, 6.07) is 11.4. The number of alkyl halides is 5. The molecule has 8 heteroatoms. The first kappa shape index (κ1) is 17.1. The fourth-order valence-corrected chi connectivity index (χ4v) is 2.37. The molecule has 0 radical (unpaired) electrons. The van der Waals surface area contributed by atoms with E-state index >= 15 is 0 Å². The van der Waals surface area contributed by atoms with Crippen LogP contribution in [0.3, 0.4) is 0 Å². The van der Waals surface area contributed by atoms with Crippen LogP contribution in [0.5, 0.6) is 0 Å². The highest BCUT2D eigenvalue weighted by Crippen LogP contribution is 2.30. The highest BCUT2D eigenvalue weighted by molar-refractivity contribution is 5.89. The van der Waals surface area contributed by atoms with Crippen LogP contribution in [0, 0.1) is 0 Å². The van der Waals surface area contributed by atoms with Gasteiger partial charge in [-0.2, -0.15) is 13.2 Å². The molecule has 0 saturated heterocycles. The van der Waals surface area contributed by atoms with Crippen molar-refractivity contribution < 1.29 is 22.0 Å². The van der Waals surface area contributed by atoms with Gasteiger partial charge in [0.2, 0.25) is 0 Å². The van der Waals surface area contributed by atoms with Crippen LogP contribution in [0.25, 0.3) is 10.9 Å². The molecule has 0 spiro atoms. The summed E-state index contributed by atoms with van der Waals surface area (Å²) in [6.07, 6.45) is -7.29. The lowest BCUT2D eigenvalue weighted by atomic mass is 10.1. The second kappa shape index (κ2) is 6.62. The molecule has 0 unspecified atom stereocenters. The normalized spacial score (nSPS) is 11.9. The van der Waals surface area contributed by atoms with E-state index in [4.69, 9.17) is 0 Å². The lowest BCUT2D eigenvalue weighted by Crippen LogP contribution is -2.08. The van der Waals surface area contributed by atoms with Gasteiger partial charge < -0.3 is 5.32 Å². The Morgan fingerprint density at radius 3 is 2.44 bits per heavy atom. The zero-order valence-corrected chi connectivity index (χ0v) is 12.7. The molecule has 0 aliphatic heterocycles. The molecule has 0 aliphatic carbocycles. The fourth-order valence-electron chi connectivity index (χ4n) is 2.37. The van der Waals surface area contributed by atoms with Crippen molar-refractivity contribution in [1.29, 1.82) is 0 Å². The molecule has 3 aromatic rings. The van der Waals surface area contributed by atoms with Gasteiger partial charge in [0.15, 0.2) is 5.82 Å². The summed E-state index contributed by atoms with van der Waals surface area (Å²) >= 11 is 0. The summed E-state index contributed by atoms with van der Waals surface area (Å²) in [5, 5.41) is 3.34. The molecule has 0 amide bonds. The SMILES string of the molecule is FC(F)c1nc(NCc2cccc(C(F)(F)F)c2)c2ccccc2n1. The maximum Gasteiger partial charge on any atom is 0.416 e. The molecule has 1 heterocycles. The van der Waals surface area contributed by atoms with E-state index in [1.54, 1.807) is 24.3 Å². The average Bonchev–Trinajstić information content (AvgIpc) is 2.59. The van der Waals surface area contributed by atoms with Crippen molar-refractivity contribution in [3.05, 3.63) is 65.5 Å². The van der Waals surface area contributed by atoms with Gasteiger partial charge in [0.05, 0.1) is 11.1 Å². The van der Waals surface area contributed by atoms with Gasteiger partial charge in [-0.15, -0.1) is 0 Å². The molecule has 0 bridgehead atoms. The van der Waals surface area contributed by atoms with E-state index in [1.165, 1.54) is 12.1 Å². The second-order valence-corrected chi connectivity index (χ2v) is 5.30. The third kappa shape index (κ3) is 3.84. The number of hydrogen-bond acceptors (Lipinski definition) is 3.